The number of hydrogen-bond acceptors (Lipinski definition) is 3. The van der Waals surface area contributed by atoms with Crippen LogP contribution in [0.25, 0.3) is 10.2 Å². The van der Waals surface area contributed by atoms with Crippen LogP contribution in [0.15, 0.2) is 18.2 Å². The molecule has 1 heterocycles. The van der Waals surface area contributed by atoms with Gasteiger partial charge in [0.15, 0.2) is 5.13 Å². The van der Waals surface area contributed by atoms with Gasteiger partial charge in [0.05, 0.1) is 10.2 Å². The lowest BCUT2D eigenvalue weighted by atomic mass is 9.48. The number of aryl methyl sites for hydroxylation is 1. The van der Waals surface area contributed by atoms with Crippen molar-refractivity contribution in [2.24, 2.45) is 17.3 Å². The molecule has 25 heavy (non-hydrogen) atoms. The molecule has 4 saturated carbocycles. The molecule has 1 amide bonds. The van der Waals surface area contributed by atoms with Crippen LogP contribution in [0.3, 0.4) is 0 Å². The van der Waals surface area contributed by atoms with Crippen molar-refractivity contribution >= 4 is 48.5 Å². The number of nitrogens with zero attached hydrogens (tertiary/aromatic N) is 1. The van der Waals surface area contributed by atoms with Gasteiger partial charge in [-0.1, -0.05) is 39.4 Å². The zero-order valence-electron chi connectivity index (χ0n) is 14.5. The largest absolute Gasteiger partial charge is 0.302 e. The molecule has 4 fully saturated rings. The number of amides is 1. The SMILES string of the molecule is Cc1cccc2sc(NC(=O)CC34C[C@H]5C[C@@H](CC(Br)(C5)C3)C4)nc12. The number of rotatable bonds is 3. The summed E-state index contributed by atoms with van der Waals surface area (Å²) in [6, 6.07) is 6.19. The summed E-state index contributed by atoms with van der Waals surface area (Å²) in [5.41, 5.74) is 2.39. The van der Waals surface area contributed by atoms with Crippen LogP contribution in [0, 0.1) is 24.2 Å². The minimum Gasteiger partial charge on any atom is -0.302 e. The van der Waals surface area contributed by atoms with Crippen molar-refractivity contribution in [1.82, 2.24) is 4.98 Å². The lowest BCUT2D eigenvalue weighted by Crippen LogP contribution is -2.53. The normalized spacial score (nSPS) is 36.1. The van der Waals surface area contributed by atoms with Gasteiger partial charge in [0, 0.05) is 10.7 Å². The van der Waals surface area contributed by atoms with E-state index in [4.69, 9.17) is 0 Å². The minimum absolute atomic E-state index is 0.148. The van der Waals surface area contributed by atoms with Gasteiger partial charge in [0.25, 0.3) is 0 Å². The van der Waals surface area contributed by atoms with E-state index in [-0.39, 0.29) is 11.3 Å². The molecule has 2 aromatic rings. The predicted octanol–water partition coefficient (Wildman–Crippen LogP) is 5.67. The van der Waals surface area contributed by atoms with E-state index in [1.165, 1.54) is 38.5 Å². The fraction of sp³-hybridized carbons (Fsp3) is 0.600. The maximum atomic E-state index is 12.8. The molecule has 6 rings (SSSR count). The smallest absolute Gasteiger partial charge is 0.226 e. The second-order valence-corrected chi connectivity index (χ2v) is 11.5. The number of aromatic nitrogens is 1. The van der Waals surface area contributed by atoms with Crippen LogP contribution in [0.2, 0.25) is 0 Å². The van der Waals surface area contributed by atoms with Crippen molar-refractivity contribution in [2.45, 2.75) is 56.2 Å². The van der Waals surface area contributed by atoms with Crippen LogP contribution >= 0.6 is 27.3 Å². The topological polar surface area (TPSA) is 42.0 Å². The number of fused-ring (bicyclic) bond motifs is 1. The Bertz CT molecular complexity index is 846. The molecule has 2 atom stereocenters. The Kier molecular flexibility index (Phi) is 3.59. The van der Waals surface area contributed by atoms with Crippen LogP contribution in [0.4, 0.5) is 5.13 Å². The molecule has 132 valence electrons. The van der Waals surface area contributed by atoms with Gasteiger partial charge in [0.1, 0.15) is 0 Å². The van der Waals surface area contributed by atoms with E-state index < -0.39 is 0 Å². The maximum absolute atomic E-state index is 12.8. The monoisotopic (exact) mass is 418 g/mol. The summed E-state index contributed by atoms with van der Waals surface area (Å²) < 4.78 is 1.45. The number of carbonyl (C=O) groups is 1. The molecule has 0 unspecified atom stereocenters. The first-order valence-electron chi connectivity index (χ1n) is 9.27. The number of thiazole rings is 1. The highest BCUT2D eigenvalue weighted by Gasteiger charge is 2.57. The Labute approximate surface area is 160 Å². The van der Waals surface area contributed by atoms with Crippen molar-refractivity contribution in [3.63, 3.8) is 0 Å². The summed E-state index contributed by atoms with van der Waals surface area (Å²) in [7, 11) is 0. The van der Waals surface area contributed by atoms with Gasteiger partial charge in [-0.25, -0.2) is 4.98 Å². The first-order valence-corrected chi connectivity index (χ1v) is 10.9. The van der Waals surface area contributed by atoms with Gasteiger partial charge in [-0.05, 0) is 74.3 Å². The summed E-state index contributed by atoms with van der Waals surface area (Å²) in [5.74, 6) is 1.78. The van der Waals surface area contributed by atoms with E-state index >= 15 is 0 Å². The molecule has 0 saturated heterocycles. The second kappa shape index (κ2) is 5.53. The summed E-state index contributed by atoms with van der Waals surface area (Å²) in [6.07, 6.45) is 8.30. The molecule has 0 spiro atoms. The van der Waals surface area contributed by atoms with Crippen LogP contribution in [0.5, 0.6) is 0 Å². The molecule has 1 aromatic heterocycles. The third-order valence-electron chi connectivity index (χ3n) is 6.51. The van der Waals surface area contributed by atoms with E-state index in [1.807, 2.05) is 6.07 Å². The highest BCUT2D eigenvalue weighted by molar-refractivity contribution is 9.10. The second-order valence-electron chi connectivity index (χ2n) is 8.78. The molecule has 3 nitrogen and oxygen atoms in total. The van der Waals surface area contributed by atoms with Crippen molar-refractivity contribution in [1.29, 1.82) is 0 Å². The zero-order valence-corrected chi connectivity index (χ0v) is 16.9. The molecule has 1 N–H and O–H groups in total. The molecule has 0 radical (unpaired) electrons. The van der Waals surface area contributed by atoms with Crippen molar-refractivity contribution in [2.75, 3.05) is 5.32 Å². The zero-order chi connectivity index (χ0) is 17.2. The van der Waals surface area contributed by atoms with Gasteiger partial charge in [0.2, 0.25) is 5.91 Å². The molecule has 5 heteroatoms. The number of alkyl halides is 1. The van der Waals surface area contributed by atoms with Gasteiger partial charge >= 0.3 is 0 Å². The Morgan fingerprint density at radius 2 is 2.08 bits per heavy atom. The van der Waals surface area contributed by atoms with Crippen molar-refractivity contribution in [3.05, 3.63) is 23.8 Å². The summed E-state index contributed by atoms with van der Waals surface area (Å²) >= 11 is 5.62. The van der Waals surface area contributed by atoms with Gasteiger partial charge in [-0.2, -0.15) is 0 Å². The van der Waals surface area contributed by atoms with Crippen molar-refractivity contribution in [3.8, 4) is 0 Å². The summed E-state index contributed by atoms with van der Waals surface area (Å²) in [5, 5.41) is 3.84. The van der Waals surface area contributed by atoms with E-state index in [0.717, 1.165) is 32.7 Å². The highest BCUT2D eigenvalue weighted by atomic mass is 79.9. The Morgan fingerprint density at radius 3 is 2.76 bits per heavy atom. The number of hydrogen-bond donors (Lipinski definition) is 1. The summed E-state index contributed by atoms with van der Waals surface area (Å²) in [6.45, 7) is 2.07. The molecule has 4 aliphatic carbocycles. The molecular weight excluding hydrogens is 396 g/mol. The number of nitrogens with one attached hydrogen (secondary N) is 1. The minimum atomic E-state index is 0.148. The number of para-hydroxylation sites is 1. The van der Waals surface area contributed by atoms with Gasteiger partial charge in [-0.15, -0.1) is 0 Å². The average molecular weight is 419 g/mol. The number of carbonyl (C=O) groups excluding carboxylic acids is 1. The third-order valence-corrected chi connectivity index (χ3v) is 8.38. The number of halogens is 1. The van der Waals surface area contributed by atoms with Crippen LogP contribution < -0.4 is 5.32 Å². The molecule has 4 bridgehead atoms. The first kappa shape index (κ1) is 16.2. The number of anilines is 1. The lowest BCUT2D eigenvalue weighted by molar-refractivity contribution is -0.123. The molecule has 1 aromatic carbocycles. The Hall–Kier alpha value is -0.940. The first-order chi connectivity index (χ1) is 11.9. The van der Waals surface area contributed by atoms with E-state index in [9.17, 15) is 4.79 Å². The van der Waals surface area contributed by atoms with Crippen LogP contribution in [-0.4, -0.2) is 15.2 Å². The standard InChI is InChI=1S/C20H23BrN2OS/c1-12-3-2-4-15-17(12)23-18(25-15)22-16(24)10-19-6-13-5-14(7-19)9-20(21,8-13)11-19/h2-4,13-14H,5-11H2,1H3,(H,22,23,24)/t13-,14-,19?,20?/m1/s1. The quantitative estimate of drug-likeness (QED) is 0.652. The van der Waals surface area contributed by atoms with Gasteiger partial charge < -0.3 is 5.32 Å². The van der Waals surface area contributed by atoms with Gasteiger partial charge in [-0.3, -0.25) is 4.79 Å². The predicted molar refractivity (Wildman–Crippen MR) is 106 cm³/mol. The Balaban J connectivity index is 1.34. The highest BCUT2D eigenvalue weighted by Crippen LogP contribution is 2.65. The van der Waals surface area contributed by atoms with Crippen molar-refractivity contribution < 1.29 is 4.79 Å². The van der Waals surface area contributed by atoms with E-state index in [1.54, 1.807) is 11.3 Å². The van der Waals surface area contributed by atoms with Crippen LogP contribution in [0.1, 0.15) is 50.5 Å². The molecular formula is C20H23BrN2OS. The lowest BCUT2D eigenvalue weighted by Gasteiger charge is -2.60. The maximum Gasteiger partial charge on any atom is 0.226 e. The molecule has 0 aliphatic heterocycles. The fourth-order valence-corrected chi connectivity index (χ4v) is 8.66. The van der Waals surface area contributed by atoms with Crippen LogP contribution in [-0.2, 0) is 4.79 Å². The van der Waals surface area contributed by atoms with E-state index in [0.29, 0.717) is 10.7 Å². The third kappa shape index (κ3) is 2.84. The molecule has 4 aliphatic rings. The average Bonchev–Trinajstić information content (AvgIpc) is 2.87. The Morgan fingerprint density at radius 1 is 1.32 bits per heavy atom. The fourth-order valence-electron chi connectivity index (χ4n) is 6.19. The summed E-state index contributed by atoms with van der Waals surface area (Å²) in [4.78, 5) is 17.4. The van der Waals surface area contributed by atoms with E-state index in [2.05, 4.69) is 45.3 Å². The number of benzene rings is 1.